The summed E-state index contributed by atoms with van der Waals surface area (Å²) < 4.78 is 6.38. The van der Waals surface area contributed by atoms with E-state index in [1.165, 1.54) is 0 Å². The highest BCUT2D eigenvalue weighted by Crippen LogP contribution is 2.33. The molecular formula is C23H26N2O3. The van der Waals surface area contributed by atoms with Crippen LogP contribution in [0.2, 0.25) is 0 Å². The summed E-state index contributed by atoms with van der Waals surface area (Å²) in [6, 6.07) is 17.3. The fourth-order valence-corrected chi connectivity index (χ4v) is 4.32. The maximum Gasteiger partial charge on any atom is 0.255 e. The first kappa shape index (κ1) is 18.5. The van der Waals surface area contributed by atoms with Crippen LogP contribution in [0.5, 0.6) is 5.75 Å². The molecule has 1 fully saturated rings. The molecule has 2 aromatic rings. The Labute approximate surface area is 165 Å². The van der Waals surface area contributed by atoms with Crippen LogP contribution in [0.15, 0.2) is 54.6 Å². The van der Waals surface area contributed by atoms with E-state index >= 15 is 0 Å². The monoisotopic (exact) mass is 378 g/mol. The predicted octanol–water partition coefficient (Wildman–Crippen LogP) is 3.36. The zero-order valence-corrected chi connectivity index (χ0v) is 16.2. The molecule has 2 amide bonds. The van der Waals surface area contributed by atoms with Crippen molar-refractivity contribution in [3.8, 4) is 5.75 Å². The lowest BCUT2D eigenvalue weighted by atomic mass is 9.89. The zero-order chi connectivity index (χ0) is 19.6. The highest BCUT2D eigenvalue weighted by molar-refractivity contribution is 5.97. The van der Waals surface area contributed by atoms with Gasteiger partial charge in [0.2, 0.25) is 5.91 Å². The third kappa shape index (κ3) is 3.49. The molecule has 5 nitrogen and oxygen atoms in total. The average molecular weight is 378 g/mol. The van der Waals surface area contributed by atoms with E-state index in [1.807, 2.05) is 60.4 Å². The molecular weight excluding hydrogens is 352 g/mol. The number of fused-ring (bicyclic) bond motifs is 1. The Kier molecular flexibility index (Phi) is 5.07. The van der Waals surface area contributed by atoms with Gasteiger partial charge >= 0.3 is 0 Å². The van der Waals surface area contributed by atoms with Gasteiger partial charge in [0.1, 0.15) is 11.4 Å². The first-order valence-corrected chi connectivity index (χ1v) is 10.0. The first-order chi connectivity index (χ1) is 13.6. The molecule has 146 valence electrons. The van der Waals surface area contributed by atoms with Crippen molar-refractivity contribution in [1.29, 1.82) is 0 Å². The van der Waals surface area contributed by atoms with E-state index in [9.17, 15) is 9.59 Å². The number of carbonyl (C=O) groups is 2. The topological polar surface area (TPSA) is 58.6 Å². The van der Waals surface area contributed by atoms with Crippen molar-refractivity contribution >= 4 is 11.8 Å². The molecule has 0 radical (unpaired) electrons. The molecule has 0 bridgehead atoms. The summed E-state index contributed by atoms with van der Waals surface area (Å²) in [5.74, 6) is 0.470. The van der Waals surface area contributed by atoms with Gasteiger partial charge in [0.25, 0.3) is 5.91 Å². The largest absolute Gasteiger partial charge is 0.483 e. The SMILES string of the molecule is CC[C@H](C(=O)N1CCC[C@]2(CNC(=O)c3ccccc3O2)C1)c1ccccc1. The van der Waals surface area contributed by atoms with E-state index in [0.29, 0.717) is 24.4 Å². The number of piperidine rings is 1. The number of carbonyl (C=O) groups excluding carboxylic acids is 2. The van der Waals surface area contributed by atoms with Crippen molar-refractivity contribution in [3.05, 3.63) is 65.7 Å². The summed E-state index contributed by atoms with van der Waals surface area (Å²) in [4.78, 5) is 27.7. The third-order valence-electron chi connectivity index (χ3n) is 5.79. The van der Waals surface area contributed by atoms with Crippen molar-refractivity contribution in [3.63, 3.8) is 0 Å². The molecule has 1 saturated heterocycles. The van der Waals surface area contributed by atoms with Crippen molar-refractivity contribution in [2.75, 3.05) is 19.6 Å². The van der Waals surface area contributed by atoms with Crippen molar-refractivity contribution < 1.29 is 14.3 Å². The van der Waals surface area contributed by atoms with E-state index in [2.05, 4.69) is 5.32 Å². The molecule has 1 spiro atoms. The molecule has 2 aromatic carbocycles. The molecule has 5 heteroatoms. The lowest BCUT2D eigenvalue weighted by Crippen LogP contribution is -2.58. The van der Waals surface area contributed by atoms with E-state index in [-0.39, 0.29) is 17.7 Å². The number of hydrogen-bond acceptors (Lipinski definition) is 3. The Morgan fingerprint density at radius 1 is 1.18 bits per heavy atom. The minimum atomic E-state index is -0.578. The van der Waals surface area contributed by atoms with Crippen LogP contribution in [-0.4, -0.2) is 41.9 Å². The Morgan fingerprint density at radius 3 is 2.71 bits per heavy atom. The van der Waals surface area contributed by atoms with Crippen molar-refractivity contribution in [2.45, 2.75) is 37.7 Å². The molecule has 0 saturated carbocycles. The lowest BCUT2D eigenvalue weighted by Gasteiger charge is -2.43. The fourth-order valence-electron chi connectivity index (χ4n) is 4.32. The van der Waals surface area contributed by atoms with Gasteiger partial charge in [0, 0.05) is 6.54 Å². The number of nitrogens with zero attached hydrogens (tertiary/aromatic N) is 1. The van der Waals surface area contributed by atoms with Gasteiger partial charge in [0.15, 0.2) is 0 Å². The number of hydrogen-bond donors (Lipinski definition) is 1. The Hall–Kier alpha value is -2.82. The molecule has 2 aliphatic heterocycles. The normalized spacial score (nSPS) is 22.6. The van der Waals surface area contributed by atoms with E-state index < -0.39 is 5.60 Å². The Bertz CT molecular complexity index is 867. The van der Waals surface area contributed by atoms with Crippen LogP contribution < -0.4 is 10.1 Å². The molecule has 4 rings (SSSR count). The second-order valence-electron chi connectivity index (χ2n) is 7.70. The van der Waals surface area contributed by atoms with Crippen LogP contribution in [-0.2, 0) is 4.79 Å². The van der Waals surface area contributed by atoms with E-state index in [4.69, 9.17) is 4.74 Å². The Morgan fingerprint density at radius 2 is 1.93 bits per heavy atom. The first-order valence-electron chi connectivity index (χ1n) is 10.0. The van der Waals surface area contributed by atoms with Crippen LogP contribution in [0.3, 0.4) is 0 Å². The molecule has 0 aromatic heterocycles. The van der Waals surface area contributed by atoms with Crippen molar-refractivity contribution in [2.24, 2.45) is 0 Å². The second-order valence-corrected chi connectivity index (χ2v) is 7.70. The highest BCUT2D eigenvalue weighted by atomic mass is 16.5. The van der Waals surface area contributed by atoms with E-state index in [1.54, 1.807) is 6.07 Å². The Balaban J connectivity index is 1.57. The van der Waals surface area contributed by atoms with Gasteiger partial charge in [-0.2, -0.15) is 0 Å². The summed E-state index contributed by atoms with van der Waals surface area (Å²) in [7, 11) is 0. The summed E-state index contributed by atoms with van der Waals surface area (Å²) in [6.45, 7) is 3.67. The molecule has 2 aliphatic rings. The highest BCUT2D eigenvalue weighted by Gasteiger charge is 2.43. The van der Waals surface area contributed by atoms with Gasteiger partial charge in [-0.05, 0) is 37.0 Å². The minimum Gasteiger partial charge on any atom is -0.483 e. The number of para-hydroxylation sites is 1. The lowest BCUT2D eigenvalue weighted by molar-refractivity contribution is -0.138. The molecule has 0 unspecified atom stereocenters. The summed E-state index contributed by atoms with van der Waals surface area (Å²) >= 11 is 0. The second kappa shape index (κ2) is 7.66. The molecule has 2 atom stereocenters. The number of ether oxygens (including phenoxy) is 1. The van der Waals surface area contributed by atoms with E-state index in [0.717, 1.165) is 31.4 Å². The van der Waals surface area contributed by atoms with Crippen LogP contribution in [0.25, 0.3) is 0 Å². The van der Waals surface area contributed by atoms with Crippen LogP contribution in [0, 0.1) is 0 Å². The number of amides is 2. The number of benzene rings is 2. The summed E-state index contributed by atoms with van der Waals surface area (Å²) in [6.07, 6.45) is 2.43. The zero-order valence-electron chi connectivity index (χ0n) is 16.2. The van der Waals surface area contributed by atoms with Gasteiger partial charge in [-0.3, -0.25) is 9.59 Å². The molecule has 28 heavy (non-hydrogen) atoms. The van der Waals surface area contributed by atoms with Gasteiger partial charge < -0.3 is 15.0 Å². The molecule has 2 heterocycles. The predicted molar refractivity (Wildman–Crippen MR) is 107 cm³/mol. The standard InChI is InChI=1S/C23H26N2O3/c1-2-18(17-9-4-3-5-10-17)22(27)25-14-8-13-23(16-25)15-24-21(26)19-11-6-7-12-20(19)28-23/h3-7,9-12,18H,2,8,13-16H2,1H3,(H,24,26)/t18-,23-/m0/s1. The average Bonchev–Trinajstić information content (AvgIpc) is 2.86. The van der Waals surface area contributed by atoms with Gasteiger partial charge in [-0.1, -0.05) is 49.4 Å². The van der Waals surface area contributed by atoms with Crippen molar-refractivity contribution in [1.82, 2.24) is 10.2 Å². The molecule has 1 N–H and O–H groups in total. The summed E-state index contributed by atoms with van der Waals surface area (Å²) in [5.41, 5.74) is 1.03. The maximum absolute atomic E-state index is 13.3. The minimum absolute atomic E-state index is 0.119. The number of rotatable bonds is 3. The van der Waals surface area contributed by atoms with Crippen LogP contribution in [0.1, 0.15) is 48.0 Å². The summed E-state index contributed by atoms with van der Waals surface area (Å²) in [5, 5.41) is 2.99. The quantitative estimate of drug-likeness (QED) is 0.891. The number of nitrogens with one attached hydrogen (secondary N) is 1. The third-order valence-corrected chi connectivity index (χ3v) is 5.79. The number of likely N-dealkylation sites (tertiary alicyclic amines) is 1. The van der Waals surface area contributed by atoms with Gasteiger partial charge in [-0.15, -0.1) is 0 Å². The van der Waals surface area contributed by atoms with Crippen LogP contribution in [0.4, 0.5) is 0 Å². The van der Waals surface area contributed by atoms with Gasteiger partial charge in [-0.25, -0.2) is 0 Å². The van der Waals surface area contributed by atoms with Gasteiger partial charge in [0.05, 0.1) is 24.6 Å². The van der Waals surface area contributed by atoms with Crippen LogP contribution >= 0.6 is 0 Å². The smallest absolute Gasteiger partial charge is 0.255 e. The maximum atomic E-state index is 13.3. The fraction of sp³-hybridized carbons (Fsp3) is 0.391. The molecule has 0 aliphatic carbocycles.